The summed E-state index contributed by atoms with van der Waals surface area (Å²) in [6, 6.07) is 10.6. The van der Waals surface area contributed by atoms with E-state index in [0.717, 1.165) is 29.2 Å². The number of ether oxygens (including phenoxy) is 1. The van der Waals surface area contributed by atoms with Crippen molar-refractivity contribution < 1.29 is 18.3 Å². The van der Waals surface area contributed by atoms with E-state index in [2.05, 4.69) is 4.98 Å². The van der Waals surface area contributed by atoms with Gasteiger partial charge in [-0.05, 0) is 37.3 Å². The number of carbonyl (C=O) groups excluding carboxylic acids is 1. The highest BCUT2D eigenvalue weighted by Gasteiger charge is 2.19. The van der Waals surface area contributed by atoms with Crippen molar-refractivity contribution in [1.29, 1.82) is 0 Å². The minimum Gasteiger partial charge on any atom is -0.454 e. The molecule has 0 radical (unpaired) electrons. The van der Waals surface area contributed by atoms with Crippen LogP contribution in [0.2, 0.25) is 0 Å². The molecule has 0 saturated carbocycles. The molecule has 24 heavy (non-hydrogen) atoms. The monoisotopic (exact) mass is 330 g/mol. The van der Waals surface area contributed by atoms with Crippen molar-refractivity contribution in [3.8, 4) is 0 Å². The Morgan fingerprint density at radius 1 is 1.25 bits per heavy atom. The Balaban J connectivity index is 1.76. The van der Waals surface area contributed by atoms with Crippen LogP contribution >= 0.6 is 0 Å². The van der Waals surface area contributed by atoms with Gasteiger partial charge in [-0.25, -0.2) is 13.8 Å². The topological polar surface area (TPSA) is 44.1 Å². The second kappa shape index (κ2) is 6.39. The Kier molecular flexibility index (Phi) is 4.29. The highest BCUT2D eigenvalue weighted by molar-refractivity contribution is 5.76. The number of imidazole rings is 1. The number of hydrogen-bond acceptors (Lipinski definition) is 3. The van der Waals surface area contributed by atoms with Gasteiger partial charge in [0.25, 0.3) is 0 Å². The van der Waals surface area contributed by atoms with E-state index in [4.69, 9.17) is 4.74 Å². The first kappa shape index (κ1) is 16.1. The number of aromatic nitrogens is 2. The van der Waals surface area contributed by atoms with Crippen LogP contribution in [0.25, 0.3) is 11.0 Å². The maximum atomic E-state index is 13.6. The Labute approximate surface area is 137 Å². The molecule has 1 aromatic heterocycles. The summed E-state index contributed by atoms with van der Waals surface area (Å²) in [6.07, 6.45) is -0.941. The molecule has 0 amide bonds. The van der Waals surface area contributed by atoms with E-state index in [-0.39, 0.29) is 12.0 Å². The van der Waals surface area contributed by atoms with E-state index in [9.17, 15) is 13.6 Å². The molecule has 3 rings (SSSR count). The van der Waals surface area contributed by atoms with Gasteiger partial charge in [0.1, 0.15) is 11.6 Å². The van der Waals surface area contributed by atoms with Gasteiger partial charge in [0.15, 0.2) is 11.9 Å². The van der Waals surface area contributed by atoms with Gasteiger partial charge in [-0.3, -0.25) is 4.79 Å². The Morgan fingerprint density at radius 3 is 2.75 bits per heavy atom. The average Bonchev–Trinajstić information content (AvgIpc) is 2.88. The number of fused-ring (bicyclic) bond motifs is 1. The highest BCUT2D eigenvalue weighted by Crippen LogP contribution is 2.22. The SMILES string of the molecule is C[C@@H](OC(=O)Cc1cc(F)ccc1F)c1nc2ccccc2n1C. The van der Waals surface area contributed by atoms with E-state index in [1.807, 2.05) is 35.9 Å². The molecule has 0 spiro atoms. The normalized spacial score (nSPS) is 12.3. The summed E-state index contributed by atoms with van der Waals surface area (Å²) in [5, 5.41) is 0. The van der Waals surface area contributed by atoms with E-state index < -0.39 is 23.7 Å². The molecule has 6 heteroatoms. The number of rotatable bonds is 4. The third-order valence-corrected chi connectivity index (χ3v) is 3.84. The van der Waals surface area contributed by atoms with Crippen LogP contribution in [0, 0.1) is 11.6 Å². The average molecular weight is 330 g/mol. The number of benzene rings is 2. The summed E-state index contributed by atoms with van der Waals surface area (Å²) >= 11 is 0. The van der Waals surface area contributed by atoms with E-state index in [1.165, 1.54) is 0 Å². The van der Waals surface area contributed by atoms with Gasteiger partial charge in [-0.15, -0.1) is 0 Å². The summed E-state index contributed by atoms with van der Waals surface area (Å²) < 4.78 is 33.9. The number of nitrogens with zero attached hydrogens (tertiary/aromatic N) is 2. The smallest absolute Gasteiger partial charge is 0.311 e. The molecule has 0 N–H and O–H groups in total. The number of para-hydroxylation sites is 2. The maximum absolute atomic E-state index is 13.6. The van der Waals surface area contributed by atoms with Crippen molar-refractivity contribution in [2.45, 2.75) is 19.4 Å². The summed E-state index contributed by atoms with van der Waals surface area (Å²) in [6.45, 7) is 1.70. The fourth-order valence-electron chi connectivity index (χ4n) is 2.65. The second-order valence-electron chi connectivity index (χ2n) is 5.56. The van der Waals surface area contributed by atoms with Gasteiger partial charge in [0.05, 0.1) is 17.5 Å². The van der Waals surface area contributed by atoms with Crippen molar-refractivity contribution in [3.63, 3.8) is 0 Å². The molecule has 1 atom stereocenters. The quantitative estimate of drug-likeness (QED) is 0.685. The zero-order valence-electron chi connectivity index (χ0n) is 13.3. The predicted octanol–water partition coefficient (Wildman–Crippen LogP) is 3.70. The highest BCUT2D eigenvalue weighted by atomic mass is 19.1. The lowest BCUT2D eigenvalue weighted by Gasteiger charge is -2.13. The molecule has 0 bridgehead atoms. The molecule has 0 aliphatic rings. The van der Waals surface area contributed by atoms with E-state index >= 15 is 0 Å². The van der Waals surface area contributed by atoms with Crippen molar-refractivity contribution in [2.24, 2.45) is 7.05 Å². The summed E-state index contributed by atoms with van der Waals surface area (Å²) in [5.74, 6) is -1.28. The number of carbonyl (C=O) groups is 1. The number of esters is 1. The lowest BCUT2D eigenvalue weighted by Crippen LogP contribution is -2.15. The molecule has 0 unspecified atom stereocenters. The second-order valence-corrected chi connectivity index (χ2v) is 5.56. The fraction of sp³-hybridized carbons (Fsp3) is 0.222. The largest absolute Gasteiger partial charge is 0.454 e. The third kappa shape index (κ3) is 3.13. The van der Waals surface area contributed by atoms with Crippen LogP contribution in [0.1, 0.15) is 24.4 Å². The van der Waals surface area contributed by atoms with Crippen molar-refractivity contribution in [3.05, 3.63) is 65.5 Å². The molecule has 4 nitrogen and oxygen atoms in total. The molecular formula is C18H16F2N2O2. The molecule has 0 aliphatic heterocycles. The van der Waals surface area contributed by atoms with Crippen LogP contribution < -0.4 is 0 Å². The van der Waals surface area contributed by atoms with Gasteiger partial charge in [0.2, 0.25) is 0 Å². The van der Waals surface area contributed by atoms with Crippen molar-refractivity contribution in [1.82, 2.24) is 9.55 Å². The van der Waals surface area contributed by atoms with Gasteiger partial charge in [-0.2, -0.15) is 0 Å². The molecule has 0 aliphatic carbocycles. The van der Waals surface area contributed by atoms with Gasteiger partial charge < -0.3 is 9.30 Å². The molecule has 3 aromatic rings. The molecule has 1 heterocycles. The zero-order chi connectivity index (χ0) is 17.3. The number of halogens is 2. The fourth-order valence-corrected chi connectivity index (χ4v) is 2.65. The van der Waals surface area contributed by atoms with Gasteiger partial charge in [-0.1, -0.05) is 12.1 Å². The van der Waals surface area contributed by atoms with Crippen molar-refractivity contribution in [2.75, 3.05) is 0 Å². The van der Waals surface area contributed by atoms with Gasteiger partial charge >= 0.3 is 5.97 Å². The first-order valence-corrected chi connectivity index (χ1v) is 7.50. The summed E-state index contributed by atoms with van der Waals surface area (Å²) in [4.78, 5) is 16.5. The van der Waals surface area contributed by atoms with Crippen LogP contribution in [0.15, 0.2) is 42.5 Å². The predicted molar refractivity (Wildman–Crippen MR) is 85.3 cm³/mol. The lowest BCUT2D eigenvalue weighted by molar-refractivity contribution is -0.148. The van der Waals surface area contributed by atoms with Crippen LogP contribution in [-0.2, 0) is 23.0 Å². The third-order valence-electron chi connectivity index (χ3n) is 3.84. The van der Waals surface area contributed by atoms with Crippen LogP contribution in [-0.4, -0.2) is 15.5 Å². The number of hydrogen-bond donors (Lipinski definition) is 0. The molecule has 0 fully saturated rings. The van der Waals surface area contributed by atoms with E-state index in [1.54, 1.807) is 6.92 Å². The van der Waals surface area contributed by atoms with Crippen LogP contribution in [0.3, 0.4) is 0 Å². The molecule has 124 valence electrons. The standard InChI is InChI=1S/C18H16F2N2O2/c1-11(18-21-15-5-3-4-6-16(15)22(18)2)24-17(23)10-12-9-13(19)7-8-14(12)20/h3-9,11H,10H2,1-2H3/t11-/m1/s1. The molecule has 0 saturated heterocycles. The van der Waals surface area contributed by atoms with Gasteiger partial charge in [0, 0.05) is 12.6 Å². The van der Waals surface area contributed by atoms with Crippen molar-refractivity contribution >= 4 is 17.0 Å². The van der Waals surface area contributed by atoms with Crippen LogP contribution in [0.5, 0.6) is 0 Å². The Morgan fingerprint density at radius 2 is 2.00 bits per heavy atom. The minimum atomic E-state index is -0.640. The molecule has 2 aromatic carbocycles. The molecular weight excluding hydrogens is 314 g/mol. The van der Waals surface area contributed by atoms with E-state index in [0.29, 0.717) is 5.82 Å². The Hall–Kier alpha value is -2.76. The maximum Gasteiger partial charge on any atom is 0.311 e. The summed E-state index contributed by atoms with van der Waals surface area (Å²) in [7, 11) is 1.83. The first-order chi connectivity index (χ1) is 11.5. The van der Waals surface area contributed by atoms with Crippen LogP contribution in [0.4, 0.5) is 8.78 Å². The Bertz CT molecular complexity index is 905. The first-order valence-electron chi connectivity index (χ1n) is 7.50. The summed E-state index contributed by atoms with van der Waals surface area (Å²) in [5.41, 5.74) is 1.69. The number of aryl methyl sites for hydroxylation is 1. The lowest BCUT2D eigenvalue weighted by atomic mass is 10.1. The minimum absolute atomic E-state index is 0.0304. The zero-order valence-corrected chi connectivity index (χ0v) is 13.3.